The third-order valence-corrected chi connectivity index (χ3v) is 4.95. The molecule has 4 atom stereocenters. The summed E-state index contributed by atoms with van der Waals surface area (Å²) in [7, 11) is 0. The molecule has 0 radical (unpaired) electrons. The summed E-state index contributed by atoms with van der Waals surface area (Å²) >= 11 is 0. The molecule has 0 spiro atoms. The normalized spacial score (nSPS) is 25.8. The number of aliphatic hydroxyl groups is 2. The minimum atomic E-state index is -0.953. The van der Waals surface area contributed by atoms with E-state index >= 15 is 0 Å². The van der Waals surface area contributed by atoms with Gasteiger partial charge in [-0.3, -0.25) is 9.59 Å². The lowest BCUT2D eigenvalue weighted by Crippen LogP contribution is -2.24. The number of carboxylic acid groups (broad SMARTS) is 1. The minimum Gasteiger partial charge on any atom is -0.481 e. The molecule has 5 nitrogen and oxygen atoms in total. The number of aliphatic carboxylic acids is 1. The molecule has 0 aromatic carbocycles. The van der Waals surface area contributed by atoms with Gasteiger partial charge in [-0.1, -0.05) is 43.7 Å². The molecule has 0 aromatic heterocycles. The van der Waals surface area contributed by atoms with E-state index in [-0.39, 0.29) is 30.5 Å². The molecule has 1 saturated carbocycles. The number of carbonyl (C=O) groups excluding carboxylic acids is 1. The van der Waals surface area contributed by atoms with Gasteiger partial charge in [0, 0.05) is 24.7 Å². The largest absolute Gasteiger partial charge is 0.481 e. The average Bonchev–Trinajstić information content (AvgIpc) is 2.84. The van der Waals surface area contributed by atoms with E-state index < -0.39 is 17.7 Å². The van der Waals surface area contributed by atoms with Crippen molar-refractivity contribution < 1.29 is 24.9 Å². The number of ketones is 1. The lowest BCUT2D eigenvalue weighted by molar-refractivity contribution is -0.137. The number of allylic oxidation sites excluding steroid dienone is 3. The van der Waals surface area contributed by atoms with E-state index in [1.54, 1.807) is 6.08 Å². The average molecular weight is 364 g/mol. The first-order chi connectivity index (χ1) is 12.3. The predicted molar refractivity (Wildman–Crippen MR) is 102 cm³/mol. The van der Waals surface area contributed by atoms with Gasteiger partial charge >= 0.3 is 5.97 Å². The number of unbranched alkanes of at least 4 members (excludes halogenated alkanes) is 1. The molecule has 26 heavy (non-hydrogen) atoms. The van der Waals surface area contributed by atoms with Gasteiger partial charge in [-0.15, -0.1) is 6.58 Å². The van der Waals surface area contributed by atoms with Gasteiger partial charge in [0.1, 0.15) is 5.78 Å². The summed E-state index contributed by atoms with van der Waals surface area (Å²) in [6.07, 6.45) is 12.4. The van der Waals surface area contributed by atoms with Crippen LogP contribution in [0.1, 0.15) is 58.3 Å². The fourth-order valence-corrected chi connectivity index (χ4v) is 3.41. The smallest absolute Gasteiger partial charge is 0.303 e. The van der Waals surface area contributed by atoms with Crippen LogP contribution in [0.5, 0.6) is 0 Å². The molecule has 0 heterocycles. The van der Waals surface area contributed by atoms with E-state index in [0.717, 1.165) is 6.42 Å². The molecular formula is C21H32O5. The van der Waals surface area contributed by atoms with Crippen LogP contribution in [0.25, 0.3) is 0 Å². The summed E-state index contributed by atoms with van der Waals surface area (Å²) in [5, 5.41) is 29.2. The Kier molecular flexibility index (Phi) is 9.52. The highest BCUT2D eigenvalue weighted by molar-refractivity contribution is 5.86. The summed E-state index contributed by atoms with van der Waals surface area (Å²) < 4.78 is 0. The number of hydrogen-bond acceptors (Lipinski definition) is 4. The third-order valence-electron chi connectivity index (χ3n) is 4.95. The van der Waals surface area contributed by atoms with Crippen LogP contribution in [0.4, 0.5) is 0 Å². The van der Waals surface area contributed by atoms with Crippen LogP contribution < -0.4 is 0 Å². The van der Waals surface area contributed by atoms with E-state index in [4.69, 9.17) is 5.11 Å². The van der Waals surface area contributed by atoms with E-state index in [0.29, 0.717) is 32.1 Å². The Bertz CT molecular complexity index is 537. The second-order valence-electron chi connectivity index (χ2n) is 7.11. The summed E-state index contributed by atoms with van der Waals surface area (Å²) in [6.45, 7) is 5.68. The molecule has 0 amide bonds. The summed E-state index contributed by atoms with van der Waals surface area (Å²) in [5.41, 5.74) is -0.953. The van der Waals surface area contributed by atoms with Crippen LogP contribution >= 0.6 is 0 Å². The van der Waals surface area contributed by atoms with Crippen molar-refractivity contribution in [2.45, 2.75) is 70.0 Å². The Balaban J connectivity index is 2.59. The van der Waals surface area contributed by atoms with Crippen molar-refractivity contribution in [1.29, 1.82) is 0 Å². The molecule has 0 aromatic rings. The Morgan fingerprint density at radius 2 is 2.08 bits per heavy atom. The highest BCUT2D eigenvalue weighted by atomic mass is 16.4. The van der Waals surface area contributed by atoms with E-state index in [2.05, 4.69) is 6.58 Å². The molecule has 3 N–H and O–H groups in total. The van der Waals surface area contributed by atoms with E-state index in [1.165, 1.54) is 0 Å². The van der Waals surface area contributed by atoms with Gasteiger partial charge in [-0.25, -0.2) is 0 Å². The van der Waals surface area contributed by atoms with E-state index in [9.17, 15) is 19.8 Å². The van der Waals surface area contributed by atoms with Gasteiger partial charge in [-0.2, -0.15) is 0 Å². The third kappa shape index (κ3) is 7.26. The minimum absolute atomic E-state index is 0.0238. The van der Waals surface area contributed by atoms with Crippen LogP contribution in [0.15, 0.2) is 37.0 Å². The van der Waals surface area contributed by atoms with Crippen molar-refractivity contribution in [2.24, 2.45) is 11.8 Å². The highest BCUT2D eigenvalue weighted by Gasteiger charge is 2.39. The first-order valence-corrected chi connectivity index (χ1v) is 9.43. The molecule has 1 rings (SSSR count). The van der Waals surface area contributed by atoms with Crippen LogP contribution in [-0.2, 0) is 9.59 Å². The maximum Gasteiger partial charge on any atom is 0.303 e. The zero-order valence-electron chi connectivity index (χ0n) is 15.6. The molecule has 1 unspecified atom stereocenters. The van der Waals surface area contributed by atoms with Crippen molar-refractivity contribution in [3.8, 4) is 0 Å². The van der Waals surface area contributed by atoms with Gasteiger partial charge in [0.2, 0.25) is 0 Å². The lowest BCUT2D eigenvalue weighted by Gasteiger charge is -2.22. The Hall–Kier alpha value is -1.72. The maximum absolute atomic E-state index is 12.2. The van der Waals surface area contributed by atoms with Crippen LogP contribution in [-0.4, -0.2) is 38.8 Å². The van der Waals surface area contributed by atoms with Gasteiger partial charge in [0.15, 0.2) is 0 Å². The van der Waals surface area contributed by atoms with Crippen molar-refractivity contribution in [3.05, 3.63) is 37.0 Å². The second kappa shape index (κ2) is 11.1. The Morgan fingerprint density at radius 3 is 2.69 bits per heavy atom. The number of rotatable bonds is 12. The lowest BCUT2D eigenvalue weighted by atomic mass is 9.88. The number of aliphatic hydroxyl groups excluding tert-OH is 1. The number of hydrogen-bond donors (Lipinski definition) is 3. The maximum atomic E-state index is 12.2. The van der Waals surface area contributed by atoms with Crippen LogP contribution in [0.2, 0.25) is 0 Å². The number of carboxylic acids is 1. The molecule has 0 aliphatic heterocycles. The topological polar surface area (TPSA) is 94.8 Å². The molecule has 1 aliphatic rings. The highest BCUT2D eigenvalue weighted by Crippen LogP contribution is 2.34. The second-order valence-corrected chi connectivity index (χ2v) is 7.11. The fraction of sp³-hybridized carbons (Fsp3) is 0.619. The van der Waals surface area contributed by atoms with E-state index in [1.807, 2.05) is 31.2 Å². The van der Waals surface area contributed by atoms with Gasteiger partial charge in [0.05, 0.1) is 11.7 Å². The van der Waals surface area contributed by atoms with Crippen molar-refractivity contribution in [2.75, 3.05) is 0 Å². The van der Waals surface area contributed by atoms with Crippen molar-refractivity contribution in [3.63, 3.8) is 0 Å². The van der Waals surface area contributed by atoms with Gasteiger partial charge < -0.3 is 15.3 Å². The van der Waals surface area contributed by atoms with Gasteiger partial charge in [-0.05, 0) is 32.1 Å². The molecular weight excluding hydrogens is 332 g/mol. The van der Waals surface area contributed by atoms with Gasteiger partial charge in [0.25, 0.3) is 0 Å². The monoisotopic (exact) mass is 364 g/mol. The molecule has 5 heteroatoms. The van der Waals surface area contributed by atoms with Crippen LogP contribution in [0.3, 0.4) is 0 Å². The first kappa shape index (κ1) is 22.3. The number of carbonyl (C=O) groups is 2. The zero-order chi connectivity index (χ0) is 19.6. The Morgan fingerprint density at radius 1 is 1.35 bits per heavy atom. The molecule has 1 fully saturated rings. The van der Waals surface area contributed by atoms with Crippen LogP contribution in [0, 0.1) is 11.8 Å². The predicted octanol–water partition coefficient (Wildman–Crippen LogP) is 3.42. The Labute approximate surface area is 156 Å². The first-order valence-electron chi connectivity index (χ1n) is 9.43. The quantitative estimate of drug-likeness (QED) is 0.364. The number of Topliss-reactive ketones (excluding diaryl/α,β-unsaturated/α-hetero) is 1. The summed E-state index contributed by atoms with van der Waals surface area (Å²) in [6, 6.07) is 0. The SMILES string of the molecule is C=CC(O)(CC=C[C@H]1C(=O)C[C@H](O)[C@@H]1CC=CCCCC(=O)O)CCC. The molecule has 1 aliphatic carbocycles. The molecule has 0 saturated heterocycles. The zero-order valence-corrected chi connectivity index (χ0v) is 15.6. The van der Waals surface area contributed by atoms with Crippen molar-refractivity contribution >= 4 is 11.8 Å². The summed E-state index contributed by atoms with van der Waals surface area (Å²) in [4.78, 5) is 22.6. The fourth-order valence-electron chi connectivity index (χ4n) is 3.41. The standard InChI is InChI=1S/C21H32O5/c1-3-13-21(26,4-2)14-9-11-17-16(18(22)15-19(17)23)10-7-5-6-8-12-20(24)25/h4-5,7,9,11,16-18,22,26H,2-3,6,8,10,12-15H2,1H3,(H,24,25)/t16-,17-,18+,21?/m1/s1. The molecule has 0 bridgehead atoms. The van der Waals surface area contributed by atoms with Crippen molar-refractivity contribution in [1.82, 2.24) is 0 Å². The summed E-state index contributed by atoms with van der Waals surface area (Å²) in [5.74, 6) is -1.29. The molecule has 146 valence electrons.